The first-order valence-corrected chi connectivity index (χ1v) is 9.42. The van der Waals surface area contributed by atoms with Crippen LogP contribution in [0.2, 0.25) is 5.02 Å². The molecule has 1 saturated heterocycles. The fraction of sp³-hybridized carbons (Fsp3) is 0.300. The van der Waals surface area contributed by atoms with Crippen LogP contribution in [0.25, 0.3) is 11.6 Å². The maximum Gasteiger partial charge on any atom is 0.276 e. The van der Waals surface area contributed by atoms with E-state index >= 15 is 0 Å². The summed E-state index contributed by atoms with van der Waals surface area (Å²) in [5.41, 5.74) is 0.840. The third-order valence-electron chi connectivity index (χ3n) is 4.96. The van der Waals surface area contributed by atoms with E-state index in [1.807, 2.05) is 11.8 Å². The fourth-order valence-corrected chi connectivity index (χ4v) is 3.61. The van der Waals surface area contributed by atoms with Crippen molar-refractivity contribution < 1.29 is 13.7 Å². The lowest BCUT2D eigenvalue weighted by Crippen LogP contribution is -2.45. The lowest BCUT2D eigenvalue weighted by molar-refractivity contribution is 0.0605. The van der Waals surface area contributed by atoms with Gasteiger partial charge in [0.1, 0.15) is 5.69 Å². The third-order valence-corrected chi connectivity index (χ3v) is 5.19. The van der Waals surface area contributed by atoms with Crippen LogP contribution in [-0.4, -0.2) is 38.5 Å². The van der Waals surface area contributed by atoms with Gasteiger partial charge < -0.3 is 9.42 Å². The molecular formula is C20H18ClFN4O2. The Bertz CT molecular complexity index is 1010. The van der Waals surface area contributed by atoms with E-state index in [1.165, 1.54) is 12.1 Å². The van der Waals surface area contributed by atoms with Crippen molar-refractivity contribution in [2.45, 2.75) is 31.7 Å². The van der Waals surface area contributed by atoms with Crippen molar-refractivity contribution in [1.82, 2.24) is 20.0 Å². The maximum absolute atomic E-state index is 13.3. The van der Waals surface area contributed by atoms with Gasteiger partial charge in [-0.15, -0.1) is 0 Å². The topological polar surface area (TPSA) is 72.1 Å². The molecule has 1 aliphatic heterocycles. The van der Waals surface area contributed by atoms with Gasteiger partial charge in [0.25, 0.3) is 11.8 Å². The first-order chi connectivity index (χ1) is 13.5. The normalized spacial score (nSPS) is 19.6. The largest absolute Gasteiger partial charge is 0.335 e. The number of hydrogen-bond acceptors (Lipinski definition) is 5. The van der Waals surface area contributed by atoms with Crippen LogP contribution in [0.15, 0.2) is 47.0 Å². The molecule has 0 radical (unpaired) electrons. The summed E-state index contributed by atoms with van der Waals surface area (Å²) in [4.78, 5) is 22.9. The molecule has 2 atom stereocenters. The molecule has 2 aromatic heterocycles. The summed E-state index contributed by atoms with van der Waals surface area (Å²) in [5.74, 6) is -0.0830. The number of likely N-dealkylation sites (tertiary alicyclic amines) is 1. The Morgan fingerprint density at radius 1 is 1.21 bits per heavy atom. The Morgan fingerprint density at radius 2 is 2.04 bits per heavy atom. The Hall–Kier alpha value is -2.80. The third kappa shape index (κ3) is 3.75. The number of nitrogens with zero attached hydrogens (tertiary/aromatic N) is 4. The number of pyridine rings is 1. The van der Waals surface area contributed by atoms with Crippen molar-refractivity contribution >= 4 is 17.5 Å². The minimum absolute atomic E-state index is 0.0645. The zero-order chi connectivity index (χ0) is 19.7. The number of amides is 1. The molecule has 3 aromatic rings. The van der Waals surface area contributed by atoms with E-state index in [4.69, 9.17) is 16.1 Å². The highest BCUT2D eigenvalue weighted by Crippen LogP contribution is 2.31. The molecule has 1 aliphatic rings. The predicted octanol–water partition coefficient (Wildman–Crippen LogP) is 4.33. The van der Waals surface area contributed by atoms with Crippen LogP contribution in [0.4, 0.5) is 4.39 Å². The Morgan fingerprint density at radius 3 is 2.82 bits per heavy atom. The molecule has 6 nitrogen and oxygen atoms in total. The van der Waals surface area contributed by atoms with Gasteiger partial charge in [-0.1, -0.05) is 28.9 Å². The first-order valence-electron chi connectivity index (χ1n) is 9.04. The van der Waals surface area contributed by atoms with Gasteiger partial charge in [0.2, 0.25) is 5.95 Å². The highest BCUT2D eigenvalue weighted by Gasteiger charge is 2.33. The summed E-state index contributed by atoms with van der Waals surface area (Å²) in [5, 5.41) is 4.57. The van der Waals surface area contributed by atoms with E-state index in [9.17, 15) is 9.18 Å². The van der Waals surface area contributed by atoms with Crippen LogP contribution in [-0.2, 0) is 0 Å². The molecule has 0 bridgehead atoms. The van der Waals surface area contributed by atoms with Crippen LogP contribution in [0.5, 0.6) is 0 Å². The predicted molar refractivity (Wildman–Crippen MR) is 101 cm³/mol. The van der Waals surface area contributed by atoms with Gasteiger partial charge in [-0.25, -0.2) is 4.98 Å². The van der Waals surface area contributed by atoms with Crippen molar-refractivity contribution in [2.24, 2.45) is 0 Å². The molecule has 0 aliphatic carbocycles. The van der Waals surface area contributed by atoms with Crippen LogP contribution in [0.3, 0.4) is 0 Å². The maximum atomic E-state index is 13.3. The molecule has 1 aromatic carbocycles. The van der Waals surface area contributed by atoms with Crippen LogP contribution >= 0.6 is 11.6 Å². The number of carbonyl (C=O) groups excluding carboxylic acids is 1. The van der Waals surface area contributed by atoms with E-state index in [0.29, 0.717) is 23.0 Å². The molecule has 0 spiro atoms. The molecule has 28 heavy (non-hydrogen) atoms. The number of aromatic nitrogens is 3. The number of benzene rings is 1. The van der Waals surface area contributed by atoms with E-state index in [0.717, 1.165) is 12.8 Å². The molecule has 3 heterocycles. The molecule has 0 N–H and O–H groups in total. The molecule has 1 amide bonds. The number of carbonyl (C=O) groups is 1. The molecular weight excluding hydrogens is 383 g/mol. The molecule has 8 heteroatoms. The average molecular weight is 401 g/mol. The summed E-state index contributed by atoms with van der Waals surface area (Å²) in [6, 6.07) is 11.4. The van der Waals surface area contributed by atoms with Gasteiger partial charge in [-0.2, -0.15) is 9.37 Å². The second-order valence-electron chi connectivity index (χ2n) is 6.89. The number of rotatable bonds is 3. The molecule has 144 valence electrons. The lowest BCUT2D eigenvalue weighted by atomic mass is 9.92. The van der Waals surface area contributed by atoms with Gasteiger partial charge in [-0.05, 0) is 50.1 Å². The number of hydrogen-bond donors (Lipinski definition) is 0. The second kappa shape index (κ2) is 7.67. The SMILES string of the molecule is C[C@@H]1CC[C@H](c2noc(-c3cccc(F)n3)n2)CN1C(=O)c1cccc(Cl)c1. The zero-order valence-corrected chi connectivity index (χ0v) is 15.9. The minimum Gasteiger partial charge on any atom is -0.335 e. The summed E-state index contributed by atoms with van der Waals surface area (Å²) in [7, 11) is 0. The van der Waals surface area contributed by atoms with Crippen molar-refractivity contribution in [3.63, 3.8) is 0 Å². The fourth-order valence-electron chi connectivity index (χ4n) is 3.42. The van der Waals surface area contributed by atoms with Crippen molar-refractivity contribution in [3.8, 4) is 11.6 Å². The van der Waals surface area contributed by atoms with Crippen LogP contribution in [0.1, 0.15) is 41.9 Å². The molecule has 0 saturated carbocycles. The molecule has 4 rings (SSSR count). The second-order valence-corrected chi connectivity index (χ2v) is 7.33. The highest BCUT2D eigenvalue weighted by atomic mass is 35.5. The Kier molecular flexibility index (Phi) is 5.09. The van der Waals surface area contributed by atoms with E-state index in [-0.39, 0.29) is 29.5 Å². The highest BCUT2D eigenvalue weighted by molar-refractivity contribution is 6.30. The summed E-state index contributed by atoms with van der Waals surface area (Å²) in [6.45, 7) is 2.50. The lowest BCUT2D eigenvalue weighted by Gasteiger charge is -2.37. The van der Waals surface area contributed by atoms with Gasteiger partial charge >= 0.3 is 0 Å². The van der Waals surface area contributed by atoms with E-state index in [1.54, 1.807) is 30.3 Å². The summed E-state index contributed by atoms with van der Waals surface area (Å²) in [6.07, 6.45) is 1.65. The summed E-state index contributed by atoms with van der Waals surface area (Å²) < 4.78 is 18.6. The van der Waals surface area contributed by atoms with Crippen molar-refractivity contribution in [2.75, 3.05) is 6.54 Å². The van der Waals surface area contributed by atoms with Crippen LogP contribution < -0.4 is 0 Å². The van der Waals surface area contributed by atoms with E-state index in [2.05, 4.69) is 15.1 Å². The smallest absolute Gasteiger partial charge is 0.276 e. The minimum atomic E-state index is -0.609. The van der Waals surface area contributed by atoms with Gasteiger partial charge in [0.05, 0.1) is 0 Å². The van der Waals surface area contributed by atoms with Crippen molar-refractivity contribution in [3.05, 3.63) is 64.8 Å². The van der Waals surface area contributed by atoms with Gasteiger partial charge in [-0.3, -0.25) is 4.79 Å². The standard InChI is InChI=1S/C20H18ClFN4O2/c1-12-8-9-14(11-26(12)20(27)13-4-2-5-15(21)10-13)18-24-19(28-25-18)16-6-3-7-17(22)23-16/h2-7,10,12,14H,8-9,11H2,1H3/t12-,14+/m1/s1. The first kappa shape index (κ1) is 18.6. The van der Waals surface area contributed by atoms with E-state index < -0.39 is 5.95 Å². The molecule has 0 unspecified atom stereocenters. The number of piperidine rings is 1. The molecule has 1 fully saturated rings. The number of halogens is 2. The zero-order valence-electron chi connectivity index (χ0n) is 15.2. The van der Waals surface area contributed by atoms with Gasteiger partial charge in [0.15, 0.2) is 5.82 Å². The summed E-state index contributed by atoms with van der Waals surface area (Å²) >= 11 is 6.03. The quantitative estimate of drug-likeness (QED) is 0.612. The van der Waals surface area contributed by atoms with Crippen molar-refractivity contribution in [1.29, 1.82) is 0 Å². The Balaban J connectivity index is 1.54. The van der Waals surface area contributed by atoms with Gasteiger partial charge in [0, 0.05) is 29.1 Å². The Labute approximate surface area is 166 Å². The average Bonchev–Trinajstić information content (AvgIpc) is 3.18. The monoisotopic (exact) mass is 400 g/mol. The van der Waals surface area contributed by atoms with Crippen LogP contribution in [0, 0.1) is 5.95 Å².